The highest BCUT2D eigenvalue weighted by molar-refractivity contribution is 5.54. The normalized spacial score (nSPS) is 17.7. The number of aliphatic hydroxyl groups excluding tert-OH is 1. The van der Waals surface area contributed by atoms with Crippen LogP contribution in [0, 0.1) is 5.92 Å². The lowest BCUT2D eigenvalue weighted by atomic mass is 9.98. The third-order valence-corrected chi connectivity index (χ3v) is 3.54. The number of hydrogen-bond donors (Lipinski definition) is 2. The van der Waals surface area contributed by atoms with E-state index in [2.05, 4.69) is 0 Å². The van der Waals surface area contributed by atoms with Crippen LogP contribution in [0.1, 0.15) is 24.4 Å². The standard InChI is InChI=1S/C14H21NO4/c1-17-10-6-9(7-11(18-2)14(10)19-3)12(15)13(16)8-4-5-8/h6-8,12-13,16H,4-5,15H2,1-3H3/t12-,13+/m1/s1. The van der Waals surface area contributed by atoms with Crippen molar-refractivity contribution in [1.82, 2.24) is 0 Å². The zero-order valence-electron chi connectivity index (χ0n) is 11.6. The maximum atomic E-state index is 10.1. The Kier molecular flexibility index (Phi) is 4.17. The molecular formula is C14H21NO4. The first kappa shape index (κ1) is 14.0. The van der Waals surface area contributed by atoms with Crippen molar-refractivity contribution < 1.29 is 19.3 Å². The molecule has 0 spiro atoms. The summed E-state index contributed by atoms with van der Waals surface area (Å²) in [5.74, 6) is 1.95. The maximum Gasteiger partial charge on any atom is 0.203 e. The van der Waals surface area contributed by atoms with Gasteiger partial charge in [-0.1, -0.05) is 0 Å². The lowest BCUT2D eigenvalue weighted by Crippen LogP contribution is -2.27. The van der Waals surface area contributed by atoms with Gasteiger partial charge in [-0.2, -0.15) is 0 Å². The van der Waals surface area contributed by atoms with Crippen LogP contribution in [0.2, 0.25) is 0 Å². The molecule has 0 heterocycles. The van der Waals surface area contributed by atoms with E-state index < -0.39 is 12.1 Å². The van der Waals surface area contributed by atoms with Gasteiger partial charge in [0.15, 0.2) is 11.5 Å². The van der Waals surface area contributed by atoms with Crippen LogP contribution < -0.4 is 19.9 Å². The number of ether oxygens (including phenoxy) is 3. The lowest BCUT2D eigenvalue weighted by Gasteiger charge is -2.21. The Labute approximate surface area is 113 Å². The molecule has 2 atom stereocenters. The third kappa shape index (κ3) is 2.77. The summed E-state index contributed by atoms with van der Waals surface area (Å²) in [5, 5.41) is 10.1. The summed E-state index contributed by atoms with van der Waals surface area (Å²) in [6, 6.07) is 3.14. The van der Waals surface area contributed by atoms with Gasteiger partial charge in [0.2, 0.25) is 5.75 Å². The van der Waals surface area contributed by atoms with Gasteiger partial charge in [0, 0.05) is 0 Å². The molecule has 1 aliphatic carbocycles. The predicted octanol–water partition coefficient (Wildman–Crippen LogP) is 1.48. The molecule has 1 aliphatic rings. The van der Waals surface area contributed by atoms with Gasteiger partial charge in [-0.05, 0) is 36.5 Å². The molecule has 0 aliphatic heterocycles. The molecule has 0 radical (unpaired) electrons. The highest BCUT2D eigenvalue weighted by Gasteiger charge is 2.34. The van der Waals surface area contributed by atoms with Gasteiger partial charge >= 0.3 is 0 Å². The minimum Gasteiger partial charge on any atom is -0.493 e. The molecule has 2 rings (SSSR count). The Morgan fingerprint density at radius 2 is 1.63 bits per heavy atom. The van der Waals surface area contributed by atoms with Crippen molar-refractivity contribution in [2.24, 2.45) is 11.7 Å². The molecule has 0 amide bonds. The second-order valence-electron chi connectivity index (χ2n) is 4.81. The Bertz CT molecular complexity index is 420. The topological polar surface area (TPSA) is 73.9 Å². The lowest BCUT2D eigenvalue weighted by molar-refractivity contribution is 0.122. The van der Waals surface area contributed by atoms with E-state index in [0.717, 1.165) is 18.4 Å². The van der Waals surface area contributed by atoms with Crippen molar-refractivity contribution in [3.05, 3.63) is 17.7 Å². The van der Waals surface area contributed by atoms with Crippen LogP contribution in [0.3, 0.4) is 0 Å². The van der Waals surface area contributed by atoms with Gasteiger partial charge < -0.3 is 25.1 Å². The fourth-order valence-electron chi connectivity index (χ4n) is 2.22. The van der Waals surface area contributed by atoms with Crippen molar-refractivity contribution in [2.75, 3.05) is 21.3 Å². The molecule has 1 aromatic carbocycles. The van der Waals surface area contributed by atoms with Crippen molar-refractivity contribution in [1.29, 1.82) is 0 Å². The van der Waals surface area contributed by atoms with E-state index >= 15 is 0 Å². The van der Waals surface area contributed by atoms with E-state index in [-0.39, 0.29) is 0 Å². The molecule has 0 aromatic heterocycles. The third-order valence-electron chi connectivity index (χ3n) is 3.54. The molecule has 106 valence electrons. The molecule has 5 heteroatoms. The number of hydrogen-bond acceptors (Lipinski definition) is 5. The van der Waals surface area contributed by atoms with Gasteiger partial charge in [-0.3, -0.25) is 0 Å². The number of methoxy groups -OCH3 is 3. The average molecular weight is 267 g/mol. The minimum absolute atomic E-state index is 0.314. The van der Waals surface area contributed by atoms with E-state index in [4.69, 9.17) is 19.9 Å². The largest absolute Gasteiger partial charge is 0.493 e. The van der Waals surface area contributed by atoms with E-state index in [0.29, 0.717) is 23.2 Å². The highest BCUT2D eigenvalue weighted by atomic mass is 16.5. The van der Waals surface area contributed by atoms with E-state index in [1.807, 2.05) is 0 Å². The Balaban J connectivity index is 2.34. The van der Waals surface area contributed by atoms with Crippen LogP contribution in [0.15, 0.2) is 12.1 Å². The van der Waals surface area contributed by atoms with Crippen molar-refractivity contribution >= 4 is 0 Å². The Morgan fingerprint density at radius 3 is 2.00 bits per heavy atom. The Hall–Kier alpha value is -1.46. The first-order valence-electron chi connectivity index (χ1n) is 6.36. The van der Waals surface area contributed by atoms with Crippen molar-refractivity contribution in [3.8, 4) is 17.2 Å². The summed E-state index contributed by atoms with van der Waals surface area (Å²) < 4.78 is 15.8. The van der Waals surface area contributed by atoms with Gasteiger partial charge in [0.05, 0.1) is 33.5 Å². The molecule has 1 saturated carbocycles. The molecule has 3 N–H and O–H groups in total. The Morgan fingerprint density at radius 1 is 1.11 bits per heavy atom. The number of benzene rings is 1. The SMILES string of the molecule is COc1cc([C@@H](N)[C@@H](O)C2CC2)cc(OC)c1OC. The fourth-order valence-corrected chi connectivity index (χ4v) is 2.22. The zero-order valence-corrected chi connectivity index (χ0v) is 11.6. The zero-order chi connectivity index (χ0) is 14.0. The number of nitrogens with two attached hydrogens (primary N) is 1. The van der Waals surface area contributed by atoms with Crippen LogP contribution >= 0.6 is 0 Å². The maximum absolute atomic E-state index is 10.1. The van der Waals surface area contributed by atoms with Crippen LogP contribution in [0.25, 0.3) is 0 Å². The van der Waals surface area contributed by atoms with E-state index in [1.54, 1.807) is 33.5 Å². The summed E-state index contributed by atoms with van der Waals surface area (Å²) in [4.78, 5) is 0. The minimum atomic E-state index is -0.525. The second-order valence-corrected chi connectivity index (χ2v) is 4.81. The molecule has 1 fully saturated rings. The van der Waals surface area contributed by atoms with Gasteiger partial charge in [0.1, 0.15) is 0 Å². The first-order valence-corrected chi connectivity index (χ1v) is 6.36. The fraction of sp³-hybridized carbons (Fsp3) is 0.571. The van der Waals surface area contributed by atoms with Crippen LogP contribution in [-0.4, -0.2) is 32.5 Å². The van der Waals surface area contributed by atoms with Crippen LogP contribution in [0.4, 0.5) is 0 Å². The highest BCUT2D eigenvalue weighted by Crippen LogP contribution is 2.42. The molecule has 1 aromatic rings. The molecule has 19 heavy (non-hydrogen) atoms. The number of aliphatic hydroxyl groups is 1. The van der Waals surface area contributed by atoms with Gasteiger partial charge in [0.25, 0.3) is 0 Å². The molecule has 0 saturated heterocycles. The monoisotopic (exact) mass is 267 g/mol. The van der Waals surface area contributed by atoms with Crippen molar-refractivity contribution in [2.45, 2.75) is 25.0 Å². The summed E-state index contributed by atoms with van der Waals surface area (Å²) >= 11 is 0. The smallest absolute Gasteiger partial charge is 0.203 e. The quantitative estimate of drug-likeness (QED) is 0.816. The summed E-state index contributed by atoms with van der Waals surface area (Å²) in [5.41, 5.74) is 6.90. The van der Waals surface area contributed by atoms with Crippen LogP contribution in [0.5, 0.6) is 17.2 Å². The van der Waals surface area contributed by atoms with E-state index in [1.165, 1.54) is 0 Å². The summed E-state index contributed by atoms with van der Waals surface area (Å²) in [6.45, 7) is 0. The van der Waals surface area contributed by atoms with Crippen molar-refractivity contribution in [3.63, 3.8) is 0 Å². The summed E-state index contributed by atoms with van der Waals surface area (Å²) in [6.07, 6.45) is 1.56. The van der Waals surface area contributed by atoms with Gasteiger partial charge in [-0.15, -0.1) is 0 Å². The summed E-state index contributed by atoms with van der Waals surface area (Å²) in [7, 11) is 4.67. The average Bonchev–Trinajstić information content (AvgIpc) is 3.28. The molecule has 0 bridgehead atoms. The predicted molar refractivity (Wildman–Crippen MR) is 71.8 cm³/mol. The molecule has 5 nitrogen and oxygen atoms in total. The second kappa shape index (κ2) is 5.67. The molecule has 0 unspecified atom stereocenters. The van der Waals surface area contributed by atoms with E-state index in [9.17, 15) is 5.11 Å². The van der Waals surface area contributed by atoms with Gasteiger partial charge in [-0.25, -0.2) is 0 Å². The van der Waals surface area contributed by atoms with Crippen LogP contribution in [-0.2, 0) is 0 Å². The number of rotatable bonds is 6. The molecular weight excluding hydrogens is 246 g/mol. The first-order chi connectivity index (χ1) is 9.12.